The molecule has 0 amide bonds. The minimum atomic E-state index is -3.60. The van der Waals surface area contributed by atoms with Crippen molar-refractivity contribution in [2.24, 2.45) is 0 Å². The largest absolute Gasteiger partial charge is 0.398 e. The summed E-state index contributed by atoms with van der Waals surface area (Å²) >= 11 is 0. The van der Waals surface area contributed by atoms with Crippen molar-refractivity contribution in [3.05, 3.63) is 12.7 Å². The van der Waals surface area contributed by atoms with E-state index in [0.717, 1.165) is 25.7 Å². The van der Waals surface area contributed by atoms with Crippen LogP contribution in [0, 0.1) is 0 Å². The topological polar surface area (TPSA) is 92.7 Å². The Bertz CT molecular complexity index is 482. The molecule has 22 heavy (non-hydrogen) atoms. The van der Waals surface area contributed by atoms with Crippen molar-refractivity contribution >= 4 is 13.2 Å². The van der Waals surface area contributed by atoms with Crippen LogP contribution in [-0.2, 0) is 23.1 Å². The van der Waals surface area contributed by atoms with Crippen molar-refractivity contribution in [3.63, 3.8) is 0 Å². The average Bonchev–Trinajstić information content (AvgIpc) is 3.25. The van der Waals surface area contributed by atoms with E-state index in [1.54, 1.807) is 0 Å². The molecular formula is C13H20N3O5P. The third kappa shape index (κ3) is 4.08. The van der Waals surface area contributed by atoms with E-state index in [1.807, 2.05) is 0 Å². The van der Waals surface area contributed by atoms with Gasteiger partial charge in [-0.1, -0.05) is 0 Å². The normalized spacial score (nSPS) is 27.8. The first kappa shape index (κ1) is 16.0. The van der Waals surface area contributed by atoms with Crippen LogP contribution in [0.1, 0.15) is 25.7 Å². The van der Waals surface area contributed by atoms with Gasteiger partial charge >= 0.3 is 7.60 Å². The van der Waals surface area contributed by atoms with E-state index < -0.39 is 7.60 Å². The maximum Gasteiger partial charge on any atom is 0.398 e. The van der Waals surface area contributed by atoms with Crippen LogP contribution in [-0.4, -0.2) is 53.6 Å². The second-order valence-electron chi connectivity index (χ2n) is 5.30. The highest BCUT2D eigenvalue weighted by Crippen LogP contribution is 2.46. The molecule has 2 atom stereocenters. The number of hydrogen-bond acceptors (Lipinski definition) is 8. The monoisotopic (exact) mass is 329 g/mol. The maximum absolute atomic E-state index is 13.0. The molecule has 2 aliphatic rings. The molecule has 1 aromatic rings. The molecule has 2 fully saturated rings. The molecule has 0 spiro atoms. The predicted molar refractivity (Wildman–Crippen MR) is 76.9 cm³/mol. The average molecular weight is 329 g/mol. The van der Waals surface area contributed by atoms with Gasteiger partial charge in [-0.05, 0) is 25.7 Å². The van der Waals surface area contributed by atoms with Gasteiger partial charge in [-0.3, -0.25) is 4.57 Å². The van der Waals surface area contributed by atoms with Crippen molar-refractivity contribution < 1.29 is 23.1 Å². The first-order chi connectivity index (χ1) is 10.8. The minimum absolute atomic E-state index is 0.0264. The molecule has 0 saturated carbocycles. The Morgan fingerprint density at radius 2 is 1.59 bits per heavy atom. The van der Waals surface area contributed by atoms with Gasteiger partial charge in [0.2, 0.25) is 5.57 Å². The van der Waals surface area contributed by atoms with Crippen molar-refractivity contribution in [2.45, 2.75) is 37.9 Å². The number of hydrogen-bond donors (Lipinski definition) is 0. The fourth-order valence-electron chi connectivity index (χ4n) is 2.44. The first-order valence-corrected chi connectivity index (χ1v) is 9.05. The highest BCUT2D eigenvalue weighted by Gasteiger charge is 2.34. The second-order valence-corrected chi connectivity index (χ2v) is 7.21. The van der Waals surface area contributed by atoms with Crippen molar-refractivity contribution in [1.82, 2.24) is 15.0 Å². The lowest BCUT2D eigenvalue weighted by molar-refractivity contribution is 0.0434. The fraction of sp³-hybridized carbons (Fsp3) is 0.769. The van der Waals surface area contributed by atoms with Gasteiger partial charge in [-0.25, -0.2) is 15.0 Å². The lowest BCUT2D eigenvalue weighted by Crippen LogP contribution is -2.24. The van der Waals surface area contributed by atoms with Crippen molar-refractivity contribution in [1.29, 1.82) is 0 Å². The van der Waals surface area contributed by atoms with Crippen LogP contribution in [0.2, 0.25) is 0 Å². The van der Waals surface area contributed by atoms with Crippen LogP contribution >= 0.6 is 7.60 Å². The molecule has 2 unspecified atom stereocenters. The highest BCUT2D eigenvalue weighted by molar-refractivity contribution is 7.61. The fourth-order valence-corrected chi connectivity index (χ4v) is 3.86. The molecule has 2 aliphatic heterocycles. The summed E-state index contributed by atoms with van der Waals surface area (Å²) in [7, 11) is -3.60. The van der Waals surface area contributed by atoms with Gasteiger partial charge < -0.3 is 18.5 Å². The van der Waals surface area contributed by atoms with Gasteiger partial charge in [-0.15, -0.1) is 0 Å². The van der Waals surface area contributed by atoms with E-state index >= 15 is 0 Å². The summed E-state index contributed by atoms with van der Waals surface area (Å²) in [5.41, 5.74) is 0.0264. The van der Waals surface area contributed by atoms with E-state index in [0.29, 0.717) is 13.2 Å². The Morgan fingerprint density at radius 1 is 1.05 bits per heavy atom. The molecule has 3 heterocycles. The number of aromatic nitrogens is 3. The molecule has 3 rings (SSSR count). The molecule has 122 valence electrons. The standard InChI is InChI=1S/C13H20N3O5P/c17-22(13-15-9-14-10-16-13,20-7-11-3-1-5-18-11)21-8-12-4-2-6-19-12/h9-12H,1-8H2. The molecule has 2 saturated heterocycles. The van der Waals surface area contributed by atoms with Crippen LogP contribution in [0.25, 0.3) is 0 Å². The molecule has 1 aromatic heterocycles. The smallest absolute Gasteiger partial charge is 0.376 e. The zero-order chi connectivity index (χ0) is 15.3. The number of ether oxygens (including phenoxy) is 2. The summed E-state index contributed by atoms with van der Waals surface area (Å²) in [5, 5.41) is 0. The summed E-state index contributed by atoms with van der Waals surface area (Å²) < 4.78 is 35.1. The van der Waals surface area contributed by atoms with Gasteiger partial charge in [0.15, 0.2) is 0 Å². The summed E-state index contributed by atoms with van der Waals surface area (Å²) in [5.74, 6) is 0. The summed E-state index contributed by atoms with van der Waals surface area (Å²) in [6.45, 7) is 1.82. The Balaban J connectivity index is 1.64. The Labute approximate surface area is 129 Å². The Kier molecular flexibility index (Phi) is 5.49. The van der Waals surface area contributed by atoms with Gasteiger partial charge in [0, 0.05) is 13.2 Å². The van der Waals surface area contributed by atoms with Gasteiger partial charge in [0.05, 0.1) is 25.4 Å². The highest BCUT2D eigenvalue weighted by atomic mass is 31.2. The Hall–Kier alpha value is -0.920. The number of nitrogens with zero attached hydrogens (tertiary/aromatic N) is 3. The van der Waals surface area contributed by atoms with E-state index in [1.165, 1.54) is 12.7 Å². The van der Waals surface area contributed by atoms with Crippen LogP contribution in [0.4, 0.5) is 0 Å². The molecule has 9 heteroatoms. The molecule has 0 N–H and O–H groups in total. The van der Waals surface area contributed by atoms with Crippen LogP contribution in [0.15, 0.2) is 12.7 Å². The van der Waals surface area contributed by atoms with Crippen molar-refractivity contribution in [2.75, 3.05) is 26.4 Å². The van der Waals surface area contributed by atoms with Crippen LogP contribution in [0.3, 0.4) is 0 Å². The van der Waals surface area contributed by atoms with E-state index in [-0.39, 0.29) is 31.0 Å². The van der Waals surface area contributed by atoms with E-state index in [4.69, 9.17) is 18.5 Å². The molecule has 0 bridgehead atoms. The van der Waals surface area contributed by atoms with E-state index in [2.05, 4.69) is 15.0 Å². The van der Waals surface area contributed by atoms with E-state index in [9.17, 15) is 4.57 Å². The third-order valence-corrected chi connectivity index (χ3v) is 5.33. The quantitative estimate of drug-likeness (QED) is 0.686. The molecule has 8 nitrogen and oxygen atoms in total. The lowest BCUT2D eigenvalue weighted by atomic mass is 10.2. The number of rotatable bonds is 7. The minimum Gasteiger partial charge on any atom is -0.376 e. The zero-order valence-corrected chi connectivity index (χ0v) is 13.2. The summed E-state index contributed by atoms with van der Waals surface area (Å²) in [6, 6.07) is 0. The van der Waals surface area contributed by atoms with Crippen molar-refractivity contribution in [3.8, 4) is 0 Å². The van der Waals surface area contributed by atoms with Gasteiger partial charge in [-0.2, -0.15) is 0 Å². The van der Waals surface area contributed by atoms with Crippen LogP contribution in [0.5, 0.6) is 0 Å². The third-order valence-electron chi connectivity index (χ3n) is 3.63. The summed E-state index contributed by atoms with van der Waals surface area (Å²) in [4.78, 5) is 11.6. The van der Waals surface area contributed by atoms with Crippen LogP contribution < -0.4 is 5.57 Å². The van der Waals surface area contributed by atoms with Gasteiger partial charge in [0.1, 0.15) is 12.7 Å². The second kappa shape index (κ2) is 7.57. The summed E-state index contributed by atoms with van der Waals surface area (Å²) in [6.07, 6.45) is 6.20. The Morgan fingerprint density at radius 3 is 2.05 bits per heavy atom. The first-order valence-electron chi connectivity index (χ1n) is 7.51. The molecule has 0 aliphatic carbocycles. The lowest BCUT2D eigenvalue weighted by Gasteiger charge is -2.20. The predicted octanol–water partition coefficient (Wildman–Crippen LogP) is 1.08. The molecule has 0 aromatic carbocycles. The SMILES string of the molecule is O=P(OCC1CCCO1)(OCC1CCCO1)c1ncncn1. The van der Waals surface area contributed by atoms with Gasteiger partial charge in [0.25, 0.3) is 0 Å². The molecule has 0 radical (unpaired) electrons. The zero-order valence-electron chi connectivity index (χ0n) is 12.3. The maximum atomic E-state index is 13.0. The molecular weight excluding hydrogens is 309 g/mol.